The number of hydrogen-bond donors (Lipinski definition) is 1. The summed E-state index contributed by atoms with van der Waals surface area (Å²) < 4.78 is 7.30. The molecule has 0 spiro atoms. The molecule has 0 bridgehead atoms. The molecule has 1 N–H and O–H groups in total. The Morgan fingerprint density at radius 1 is 0.828 bits per heavy atom. The number of rotatable bonds is 7. The van der Waals surface area contributed by atoms with E-state index in [1.165, 1.54) is 21.9 Å². The highest BCUT2D eigenvalue weighted by molar-refractivity contribution is 9.10. The van der Waals surface area contributed by atoms with Crippen LogP contribution in [0, 0.1) is 0 Å². The van der Waals surface area contributed by atoms with Crippen molar-refractivity contribution in [2.24, 2.45) is 0 Å². The van der Waals surface area contributed by atoms with E-state index in [0.29, 0.717) is 13.2 Å². The van der Waals surface area contributed by atoms with Crippen molar-refractivity contribution < 1.29 is 4.74 Å². The molecule has 2 nitrogen and oxygen atoms in total. The third-order valence-corrected chi connectivity index (χ3v) is 5.62. The van der Waals surface area contributed by atoms with E-state index in [2.05, 4.69) is 101 Å². The second kappa shape index (κ2) is 9.15. The minimum absolute atomic E-state index is 0.543. The Bertz CT molecular complexity index is 1100. The summed E-state index contributed by atoms with van der Waals surface area (Å²) in [6.07, 6.45) is 1.05. The fourth-order valence-corrected chi connectivity index (χ4v) is 3.86. The van der Waals surface area contributed by atoms with E-state index in [4.69, 9.17) is 4.74 Å². The molecule has 0 aliphatic heterocycles. The molecule has 0 saturated carbocycles. The minimum atomic E-state index is 0.543. The summed E-state index contributed by atoms with van der Waals surface area (Å²) in [7, 11) is 0. The first kappa shape index (κ1) is 19.5. The summed E-state index contributed by atoms with van der Waals surface area (Å²) in [4.78, 5) is 0. The van der Waals surface area contributed by atoms with Gasteiger partial charge in [0.05, 0.1) is 0 Å². The van der Waals surface area contributed by atoms with Gasteiger partial charge in [-0.05, 0) is 58.7 Å². The lowest BCUT2D eigenvalue weighted by Gasteiger charge is -2.15. The summed E-state index contributed by atoms with van der Waals surface area (Å²) in [6, 6.07) is 29.6. The predicted octanol–water partition coefficient (Wildman–Crippen LogP) is 7.36. The molecule has 4 aromatic carbocycles. The maximum Gasteiger partial charge on any atom is 0.124 e. The van der Waals surface area contributed by atoms with Crippen LogP contribution in [0.5, 0.6) is 5.75 Å². The molecule has 0 aromatic heterocycles. The Kier molecular flexibility index (Phi) is 6.16. The summed E-state index contributed by atoms with van der Waals surface area (Å²) in [5, 5.41) is 5.98. The lowest BCUT2D eigenvalue weighted by Crippen LogP contribution is -2.04. The number of halogens is 1. The van der Waals surface area contributed by atoms with Gasteiger partial charge in [0.2, 0.25) is 0 Å². The smallest absolute Gasteiger partial charge is 0.124 e. The number of ether oxygens (including phenoxy) is 1. The second-order valence-electron chi connectivity index (χ2n) is 7.08. The van der Waals surface area contributed by atoms with E-state index in [1.807, 2.05) is 12.1 Å². The molecule has 3 heteroatoms. The average molecular weight is 446 g/mol. The third kappa shape index (κ3) is 4.80. The zero-order chi connectivity index (χ0) is 20.1. The van der Waals surface area contributed by atoms with E-state index in [9.17, 15) is 0 Å². The van der Waals surface area contributed by atoms with Gasteiger partial charge in [-0.3, -0.25) is 0 Å². The predicted molar refractivity (Wildman–Crippen MR) is 126 cm³/mol. The fourth-order valence-electron chi connectivity index (χ4n) is 3.46. The molecular weight excluding hydrogens is 422 g/mol. The van der Waals surface area contributed by atoms with Crippen LogP contribution in [0.25, 0.3) is 10.8 Å². The molecule has 0 heterocycles. The molecule has 29 heavy (non-hydrogen) atoms. The van der Waals surface area contributed by atoms with E-state index in [1.54, 1.807) is 0 Å². The van der Waals surface area contributed by atoms with Crippen LogP contribution in [0.15, 0.2) is 89.4 Å². The van der Waals surface area contributed by atoms with Gasteiger partial charge in [-0.1, -0.05) is 77.5 Å². The molecule has 0 amide bonds. The molecule has 0 aliphatic carbocycles. The number of nitrogens with one attached hydrogen (secondary N) is 1. The topological polar surface area (TPSA) is 21.3 Å². The normalized spacial score (nSPS) is 10.8. The molecule has 0 fully saturated rings. The van der Waals surface area contributed by atoms with Gasteiger partial charge in [0.15, 0.2) is 0 Å². The Balaban J connectivity index is 1.50. The highest BCUT2D eigenvalue weighted by Crippen LogP contribution is 2.27. The quantitative estimate of drug-likeness (QED) is 0.320. The van der Waals surface area contributed by atoms with Crippen molar-refractivity contribution in [2.45, 2.75) is 26.5 Å². The number of anilines is 1. The molecule has 4 rings (SSSR count). The van der Waals surface area contributed by atoms with Crippen LogP contribution in [-0.4, -0.2) is 0 Å². The van der Waals surface area contributed by atoms with Gasteiger partial charge in [-0.15, -0.1) is 0 Å². The van der Waals surface area contributed by atoms with Crippen molar-refractivity contribution in [3.63, 3.8) is 0 Å². The van der Waals surface area contributed by atoms with Gasteiger partial charge in [0.1, 0.15) is 12.4 Å². The Labute approximate surface area is 180 Å². The highest BCUT2D eigenvalue weighted by Gasteiger charge is 2.07. The summed E-state index contributed by atoms with van der Waals surface area (Å²) >= 11 is 3.59. The van der Waals surface area contributed by atoms with Crippen molar-refractivity contribution in [2.75, 3.05) is 5.32 Å². The first-order valence-electron chi connectivity index (χ1n) is 9.93. The molecule has 0 unspecified atom stereocenters. The summed E-state index contributed by atoms with van der Waals surface area (Å²) in [6.45, 7) is 3.42. The summed E-state index contributed by atoms with van der Waals surface area (Å²) in [5.74, 6) is 0.902. The van der Waals surface area contributed by atoms with Crippen LogP contribution in [0.3, 0.4) is 0 Å². The van der Waals surface area contributed by atoms with Crippen molar-refractivity contribution in [3.05, 3.63) is 106 Å². The van der Waals surface area contributed by atoms with Gasteiger partial charge < -0.3 is 10.1 Å². The molecule has 146 valence electrons. The van der Waals surface area contributed by atoms with Crippen LogP contribution in [0.2, 0.25) is 0 Å². The van der Waals surface area contributed by atoms with E-state index in [-0.39, 0.29) is 0 Å². The van der Waals surface area contributed by atoms with Gasteiger partial charge in [-0.25, -0.2) is 0 Å². The lowest BCUT2D eigenvalue weighted by atomic mass is 10.1. The van der Waals surface area contributed by atoms with Gasteiger partial charge in [0.25, 0.3) is 0 Å². The first-order valence-corrected chi connectivity index (χ1v) is 10.7. The van der Waals surface area contributed by atoms with Gasteiger partial charge in [-0.2, -0.15) is 0 Å². The molecular formula is C26H24BrNO. The number of fused-ring (bicyclic) bond motifs is 1. The first-order chi connectivity index (χ1) is 14.2. The molecule has 0 saturated heterocycles. The monoisotopic (exact) mass is 445 g/mol. The van der Waals surface area contributed by atoms with Crippen LogP contribution in [0.1, 0.15) is 23.6 Å². The van der Waals surface area contributed by atoms with Crippen molar-refractivity contribution in [1.82, 2.24) is 0 Å². The maximum atomic E-state index is 6.25. The van der Waals surface area contributed by atoms with Crippen molar-refractivity contribution in [3.8, 4) is 5.75 Å². The average Bonchev–Trinajstić information content (AvgIpc) is 2.77. The fraction of sp³-hybridized carbons (Fsp3) is 0.154. The van der Waals surface area contributed by atoms with Crippen LogP contribution >= 0.6 is 15.9 Å². The Morgan fingerprint density at radius 2 is 1.62 bits per heavy atom. The maximum absolute atomic E-state index is 6.25. The van der Waals surface area contributed by atoms with Crippen LogP contribution in [0.4, 0.5) is 5.69 Å². The van der Waals surface area contributed by atoms with E-state index < -0.39 is 0 Å². The Morgan fingerprint density at radius 3 is 2.45 bits per heavy atom. The van der Waals surface area contributed by atoms with Crippen LogP contribution < -0.4 is 10.1 Å². The molecule has 0 radical (unpaired) electrons. The molecule has 4 aromatic rings. The van der Waals surface area contributed by atoms with Gasteiger partial charge in [0, 0.05) is 22.3 Å². The zero-order valence-electron chi connectivity index (χ0n) is 16.5. The number of aryl methyl sites for hydroxylation is 1. The zero-order valence-corrected chi connectivity index (χ0v) is 18.1. The number of benzene rings is 4. The van der Waals surface area contributed by atoms with E-state index in [0.717, 1.165) is 27.9 Å². The van der Waals surface area contributed by atoms with Crippen molar-refractivity contribution in [1.29, 1.82) is 0 Å². The van der Waals surface area contributed by atoms with Gasteiger partial charge >= 0.3 is 0 Å². The van der Waals surface area contributed by atoms with E-state index >= 15 is 0 Å². The SMILES string of the molecule is CCc1ccc(NCc2cc(Br)ccc2OCc2cccc3ccccc23)cc1. The number of hydrogen-bond acceptors (Lipinski definition) is 2. The van der Waals surface area contributed by atoms with Crippen molar-refractivity contribution >= 4 is 32.4 Å². The molecule has 0 aliphatic rings. The Hall–Kier alpha value is -2.78. The minimum Gasteiger partial charge on any atom is -0.489 e. The third-order valence-electron chi connectivity index (χ3n) is 5.13. The second-order valence-corrected chi connectivity index (χ2v) is 8.00. The summed E-state index contributed by atoms with van der Waals surface area (Å²) in [5.41, 5.74) is 4.78. The van der Waals surface area contributed by atoms with Crippen LogP contribution in [-0.2, 0) is 19.6 Å². The lowest BCUT2D eigenvalue weighted by molar-refractivity contribution is 0.304. The standard InChI is InChI=1S/C26H24BrNO/c1-2-19-10-13-24(14-11-19)28-17-22-16-23(27)12-15-26(22)29-18-21-8-5-7-20-6-3-4-9-25(20)21/h3-16,28H,2,17-18H2,1H3. The highest BCUT2D eigenvalue weighted by atomic mass is 79.9. The molecule has 0 atom stereocenters. The largest absolute Gasteiger partial charge is 0.489 e.